The van der Waals surface area contributed by atoms with Crippen LogP contribution in [0.4, 0.5) is 0 Å². The minimum Gasteiger partial charge on any atom is -0.462 e. The third-order valence-electron chi connectivity index (χ3n) is 10.2. The van der Waals surface area contributed by atoms with E-state index in [9.17, 15) is 14.4 Å². The Morgan fingerprint density at radius 2 is 0.733 bits per heavy atom. The molecule has 0 amide bonds. The van der Waals surface area contributed by atoms with Crippen molar-refractivity contribution < 1.29 is 28.6 Å². The van der Waals surface area contributed by atoms with Crippen LogP contribution in [-0.2, 0) is 28.6 Å². The highest BCUT2D eigenvalue weighted by molar-refractivity contribution is 5.71. The number of hydrogen-bond acceptors (Lipinski definition) is 6. The van der Waals surface area contributed by atoms with Gasteiger partial charge in [0.15, 0.2) is 6.10 Å². The van der Waals surface area contributed by atoms with Crippen molar-refractivity contribution in [2.75, 3.05) is 13.2 Å². The van der Waals surface area contributed by atoms with Gasteiger partial charge in [0.25, 0.3) is 0 Å². The van der Waals surface area contributed by atoms with Crippen LogP contribution in [-0.4, -0.2) is 37.2 Å². The molecule has 0 aliphatic heterocycles. The number of esters is 3. The molecule has 1 atom stereocenters. The number of ether oxygens (including phenoxy) is 3. The van der Waals surface area contributed by atoms with Gasteiger partial charge in [-0.3, -0.25) is 14.4 Å². The Kier molecular flexibility index (Phi) is 45.5. The van der Waals surface area contributed by atoms with E-state index in [2.05, 4.69) is 81.5 Å². The van der Waals surface area contributed by atoms with Crippen molar-refractivity contribution in [2.24, 2.45) is 0 Å². The van der Waals surface area contributed by atoms with Crippen molar-refractivity contribution >= 4 is 17.9 Å². The Morgan fingerprint density at radius 3 is 1.23 bits per heavy atom. The van der Waals surface area contributed by atoms with Gasteiger partial charge in [0.05, 0.1) is 0 Å². The third kappa shape index (κ3) is 45.7. The number of rotatable bonds is 43. The highest BCUT2D eigenvalue weighted by atomic mass is 16.6. The SMILES string of the molecule is CC\C=C/C=C\C=C/C=C\CCCCCCCC(=O)OC(COC(=O)CCC/C=C\C/C=C\C/C=C\CCCCCCCC)COC(=O)CCCCCCCCCCCC. The van der Waals surface area contributed by atoms with E-state index >= 15 is 0 Å². The van der Waals surface area contributed by atoms with Crippen LogP contribution < -0.4 is 0 Å². The molecule has 0 aromatic heterocycles. The van der Waals surface area contributed by atoms with Gasteiger partial charge in [0.1, 0.15) is 13.2 Å². The van der Waals surface area contributed by atoms with Crippen LogP contribution in [0.1, 0.15) is 220 Å². The number of allylic oxidation sites excluding steroid dienone is 14. The summed E-state index contributed by atoms with van der Waals surface area (Å²) in [6.07, 6.45) is 61.4. The van der Waals surface area contributed by atoms with E-state index in [-0.39, 0.29) is 37.5 Å². The molecule has 6 heteroatoms. The standard InChI is InChI=1S/C54H90O6/c1-4-7-10-13-16-19-22-24-26-27-29-30-32-35-38-41-44-47-53(56)59-50-51(49-58-52(55)46-43-40-37-34-21-18-15-12-9-6-3)60-54(57)48-45-42-39-36-33-31-28-25-23-20-17-14-11-8-5-2/h8,11,14,17,20,23-26,28-30,35,38,51H,4-7,9-10,12-13,15-16,18-19,21-22,27,31-34,36-37,39-50H2,1-3H3/b11-8-,17-14-,23-20-,26-24-,28-25-,30-29-,38-35-. The fraction of sp³-hybridized carbons (Fsp3) is 0.685. The lowest BCUT2D eigenvalue weighted by Gasteiger charge is -2.18. The number of unbranched alkanes of at least 4 members (excludes halogenated alkanes) is 21. The molecular formula is C54H90O6. The maximum absolute atomic E-state index is 12.8. The van der Waals surface area contributed by atoms with Gasteiger partial charge >= 0.3 is 17.9 Å². The zero-order valence-corrected chi connectivity index (χ0v) is 38.9. The van der Waals surface area contributed by atoms with Crippen LogP contribution in [0.15, 0.2) is 85.1 Å². The van der Waals surface area contributed by atoms with Crippen LogP contribution in [0.25, 0.3) is 0 Å². The normalized spacial score (nSPS) is 12.8. The average molecular weight is 835 g/mol. The fourth-order valence-electron chi connectivity index (χ4n) is 6.53. The summed E-state index contributed by atoms with van der Waals surface area (Å²) < 4.78 is 16.7. The number of carbonyl (C=O) groups is 3. The first-order valence-electron chi connectivity index (χ1n) is 24.6. The Labute approximate surface area is 369 Å². The molecule has 0 aliphatic rings. The summed E-state index contributed by atoms with van der Waals surface area (Å²) in [7, 11) is 0. The molecule has 0 saturated heterocycles. The molecule has 342 valence electrons. The van der Waals surface area contributed by atoms with E-state index < -0.39 is 6.10 Å². The van der Waals surface area contributed by atoms with Gasteiger partial charge in [0.2, 0.25) is 0 Å². The number of carbonyl (C=O) groups excluding carboxylic acids is 3. The quantitative estimate of drug-likeness (QED) is 0.0200. The first kappa shape index (κ1) is 56.6. The summed E-state index contributed by atoms with van der Waals surface area (Å²) in [6.45, 7) is 6.40. The second kappa shape index (κ2) is 48.3. The molecule has 0 fully saturated rings. The van der Waals surface area contributed by atoms with Crippen LogP contribution in [0.3, 0.4) is 0 Å². The van der Waals surface area contributed by atoms with Gasteiger partial charge in [-0.2, -0.15) is 0 Å². The molecule has 0 rings (SSSR count). The van der Waals surface area contributed by atoms with E-state index in [1.807, 2.05) is 24.3 Å². The smallest absolute Gasteiger partial charge is 0.306 e. The number of hydrogen-bond donors (Lipinski definition) is 0. The Balaban J connectivity index is 4.49. The summed E-state index contributed by atoms with van der Waals surface area (Å²) in [6, 6.07) is 0. The highest BCUT2D eigenvalue weighted by Gasteiger charge is 2.19. The van der Waals surface area contributed by atoms with Crippen LogP contribution >= 0.6 is 0 Å². The van der Waals surface area contributed by atoms with Crippen LogP contribution in [0.2, 0.25) is 0 Å². The molecule has 0 aromatic carbocycles. The Bertz CT molecular complexity index is 1190. The lowest BCUT2D eigenvalue weighted by atomic mass is 10.1. The van der Waals surface area contributed by atoms with E-state index in [1.54, 1.807) is 0 Å². The topological polar surface area (TPSA) is 78.9 Å². The lowest BCUT2D eigenvalue weighted by Crippen LogP contribution is -2.30. The molecule has 0 spiro atoms. The summed E-state index contributed by atoms with van der Waals surface area (Å²) >= 11 is 0. The predicted molar refractivity (Wildman–Crippen MR) is 256 cm³/mol. The highest BCUT2D eigenvalue weighted by Crippen LogP contribution is 2.13. The molecule has 0 radical (unpaired) electrons. The molecule has 0 saturated carbocycles. The van der Waals surface area contributed by atoms with Gasteiger partial charge in [-0.1, -0.05) is 215 Å². The predicted octanol–water partition coefficient (Wildman–Crippen LogP) is 16.0. The zero-order valence-electron chi connectivity index (χ0n) is 38.9. The fourth-order valence-corrected chi connectivity index (χ4v) is 6.53. The molecule has 0 bridgehead atoms. The minimum absolute atomic E-state index is 0.102. The maximum atomic E-state index is 12.8. The summed E-state index contributed by atoms with van der Waals surface area (Å²) in [5, 5.41) is 0. The van der Waals surface area contributed by atoms with Crippen LogP contribution in [0, 0.1) is 0 Å². The maximum Gasteiger partial charge on any atom is 0.306 e. The van der Waals surface area contributed by atoms with Crippen LogP contribution in [0.5, 0.6) is 0 Å². The van der Waals surface area contributed by atoms with Crippen molar-refractivity contribution in [3.05, 3.63) is 85.1 Å². The summed E-state index contributed by atoms with van der Waals surface area (Å²) in [5.74, 6) is -0.985. The lowest BCUT2D eigenvalue weighted by molar-refractivity contribution is -0.167. The molecule has 1 unspecified atom stereocenters. The second-order valence-electron chi connectivity index (χ2n) is 16.1. The average Bonchev–Trinajstić information content (AvgIpc) is 3.24. The van der Waals surface area contributed by atoms with Gasteiger partial charge in [-0.25, -0.2) is 0 Å². The summed E-state index contributed by atoms with van der Waals surface area (Å²) in [4.78, 5) is 37.8. The minimum atomic E-state index is -0.806. The van der Waals surface area contributed by atoms with Gasteiger partial charge in [-0.05, 0) is 70.6 Å². The van der Waals surface area contributed by atoms with Crippen molar-refractivity contribution in [2.45, 2.75) is 226 Å². The second-order valence-corrected chi connectivity index (χ2v) is 16.1. The first-order chi connectivity index (χ1) is 29.5. The van der Waals surface area contributed by atoms with Crippen molar-refractivity contribution in [3.8, 4) is 0 Å². The largest absolute Gasteiger partial charge is 0.462 e. The molecule has 0 heterocycles. The van der Waals surface area contributed by atoms with Gasteiger partial charge in [0, 0.05) is 19.3 Å². The molecular weight excluding hydrogens is 745 g/mol. The molecule has 60 heavy (non-hydrogen) atoms. The van der Waals surface area contributed by atoms with E-state index in [0.717, 1.165) is 83.5 Å². The van der Waals surface area contributed by atoms with Gasteiger partial charge in [-0.15, -0.1) is 0 Å². The van der Waals surface area contributed by atoms with Crippen molar-refractivity contribution in [1.82, 2.24) is 0 Å². The van der Waals surface area contributed by atoms with Gasteiger partial charge < -0.3 is 14.2 Å². The molecule has 0 aliphatic carbocycles. The first-order valence-corrected chi connectivity index (χ1v) is 24.6. The van der Waals surface area contributed by atoms with E-state index in [4.69, 9.17) is 14.2 Å². The monoisotopic (exact) mass is 835 g/mol. The molecule has 0 aromatic rings. The van der Waals surface area contributed by atoms with Crippen molar-refractivity contribution in [1.29, 1.82) is 0 Å². The molecule has 0 N–H and O–H groups in total. The molecule has 6 nitrogen and oxygen atoms in total. The van der Waals surface area contributed by atoms with E-state index in [1.165, 1.54) is 89.9 Å². The third-order valence-corrected chi connectivity index (χ3v) is 10.2. The zero-order chi connectivity index (χ0) is 43.7. The Hall–Kier alpha value is -3.41. The Morgan fingerprint density at radius 1 is 0.367 bits per heavy atom. The summed E-state index contributed by atoms with van der Waals surface area (Å²) in [5.41, 5.74) is 0. The van der Waals surface area contributed by atoms with Crippen molar-refractivity contribution in [3.63, 3.8) is 0 Å². The van der Waals surface area contributed by atoms with E-state index in [0.29, 0.717) is 19.3 Å².